The molecule has 1 unspecified atom stereocenters. The first-order valence-corrected chi connectivity index (χ1v) is 7.46. The van der Waals surface area contributed by atoms with Crippen LogP contribution < -0.4 is 0 Å². The lowest BCUT2D eigenvalue weighted by atomic mass is 10.1. The first kappa shape index (κ1) is 17.8. The molecular weight excluding hydrogens is 266 g/mol. The van der Waals surface area contributed by atoms with Crippen LogP contribution in [-0.2, 0) is 15.9 Å². The lowest BCUT2D eigenvalue weighted by Gasteiger charge is -2.27. The number of benzene rings is 1. The van der Waals surface area contributed by atoms with Crippen molar-refractivity contribution in [2.75, 3.05) is 40.5 Å². The zero-order chi connectivity index (χ0) is 15.7. The Balaban J connectivity index is 2.68. The molecule has 4 heteroatoms. The minimum absolute atomic E-state index is 0.136. The van der Waals surface area contributed by atoms with Gasteiger partial charge >= 0.3 is 0 Å². The molecule has 0 radical (unpaired) electrons. The zero-order valence-electron chi connectivity index (χ0n) is 13.6. The van der Waals surface area contributed by atoms with Gasteiger partial charge in [-0.1, -0.05) is 31.2 Å². The van der Waals surface area contributed by atoms with E-state index in [2.05, 4.69) is 18.7 Å². The van der Waals surface area contributed by atoms with E-state index in [1.54, 1.807) is 14.2 Å². The highest BCUT2D eigenvalue weighted by Gasteiger charge is 2.18. The summed E-state index contributed by atoms with van der Waals surface area (Å²) in [6, 6.07) is 8.05. The molecule has 1 aromatic carbocycles. The lowest BCUT2D eigenvalue weighted by Crippen LogP contribution is -2.41. The molecule has 4 nitrogen and oxygen atoms in total. The summed E-state index contributed by atoms with van der Waals surface area (Å²) in [6.45, 7) is 6.49. The molecule has 1 atom stereocenters. The molecule has 0 saturated carbocycles. The summed E-state index contributed by atoms with van der Waals surface area (Å²) in [7, 11) is 3.35. The third-order valence-corrected chi connectivity index (χ3v) is 3.64. The Bertz CT molecular complexity index is 417. The van der Waals surface area contributed by atoms with Crippen molar-refractivity contribution in [1.29, 1.82) is 0 Å². The second kappa shape index (κ2) is 9.66. The minimum Gasteiger partial charge on any atom is -0.383 e. The quantitative estimate of drug-likeness (QED) is 0.621. The number of hydrogen-bond acceptors (Lipinski definition) is 4. The van der Waals surface area contributed by atoms with Gasteiger partial charge in [-0.2, -0.15) is 0 Å². The van der Waals surface area contributed by atoms with E-state index < -0.39 is 0 Å². The second-order valence-corrected chi connectivity index (χ2v) is 5.24. The smallest absolute Gasteiger partial charge is 0.176 e. The van der Waals surface area contributed by atoms with Gasteiger partial charge in [0.25, 0.3) is 0 Å². The molecule has 0 aliphatic heterocycles. The molecule has 0 aromatic heterocycles. The van der Waals surface area contributed by atoms with E-state index in [-0.39, 0.29) is 11.8 Å². The topological polar surface area (TPSA) is 38.8 Å². The first-order valence-electron chi connectivity index (χ1n) is 7.46. The Kier molecular flexibility index (Phi) is 8.20. The standard InChI is InChI=1S/C17H27NO3/c1-5-15-6-8-16(9-7-15)17(19)12-18(10-11-20-3)14(2)13-21-4/h6-9,14H,5,10-13H2,1-4H3. The van der Waals surface area contributed by atoms with Gasteiger partial charge in [0.05, 0.1) is 19.8 Å². The van der Waals surface area contributed by atoms with Crippen LogP contribution in [0.25, 0.3) is 0 Å². The van der Waals surface area contributed by atoms with Gasteiger partial charge in [-0.05, 0) is 18.9 Å². The van der Waals surface area contributed by atoms with E-state index >= 15 is 0 Å². The van der Waals surface area contributed by atoms with Crippen LogP contribution in [-0.4, -0.2) is 57.2 Å². The predicted octanol–water partition coefficient (Wildman–Crippen LogP) is 2.42. The van der Waals surface area contributed by atoms with Gasteiger partial charge in [0.2, 0.25) is 0 Å². The highest BCUT2D eigenvalue weighted by atomic mass is 16.5. The molecule has 0 N–H and O–H groups in total. The summed E-state index contributed by atoms with van der Waals surface area (Å²) in [5.41, 5.74) is 2.01. The SMILES string of the molecule is CCc1ccc(C(=O)CN(CCOC)C(C)COC)cc1. The van der Waals surface area contributed by atoms with Crippen molar-refractivity contribution in [3.8, 4) is 0 Å². The van der Waals surface area contributed by atoms with Crippen LogP contribution in [0.3, 0.4) is 0 Å². The summed E-state index contributed by atoms with van der Waals surface area (Å²) >= 11 is 0. The molecule has 1 aromatic rings. The number of ether oxygens (including phenoxy) is 2. The van der Waals surface area contributed by atoms with E-state index in [1.165, 1.54) is 5.56 Å². The molecule has 118 valence electrons. The maximum Gasteiger partial charge on any atom is 0.176 e. The Morgan fingerprint density at radius 3 is 2.38 bits per heavy atom. The molecule has 1 rings (SSSR count). The maximum absolute atomic E-state index is 12.4. The van der Waals surface area contributed by atoms with Crippen LogP contribution in [0.5, 0.6) is 0 Å². The fourth-order valence-electron chi connectivity index (χ4n) is 2.21. The van der Waals surface area contributed by atoms with Crippen LogP contribution in [0.2, 0.25) is 0 Å². The zero-order valence-corrected chi connectivity index (χ0v) is 13.6. The summed E-state index contributed by atoms with van der Waals surface area (Å²) in [4.78, 5) is 14.5. The number of rotatable bonds is 10. The Labute approximate surface area is 128 Å². The number of Topliss-reactive ketones (excluding diaryl/α,β-unsaturated/α-hetero) is 1. The molecule has 0 aliphatic rings. The number of methoxy groups -OCH3 is 2. The summed E-state index contributed by atoms with van der Waals surface area (Å²) in [5, 5.41) is 0. The van der Waals surface area contributed by atoms with Gasteiger partial charge in [-0.25, -0.2) is 0 Å². The van der Waals surface area contributed by atoms with Crippen LogP contribution in [0.1, 0.15) is 29.8 Å². The van der Waals surface area contributed by atoms with Crippen molar-refractivity contribution in [2.45, 2.75) is 26.3 Å². The number of carbonyl (C=O) groups is 1. The van der Waals surface area contributed by atoms with Crippen molar-refractivity contribution in [3.05, 3.63) is 35.4 Å². The molecule has 0 fully saturated rings. The molecule has 0 spiro atoms. The van der Waals surface area contributed by atoms with Gasteiger partial charge < -0.3 is 9.47 Å². The van der Waals surface area contributed by atoms with Crippen molar-refractivity contribution < 1.29 is 14.3 Å². The van der Waals surface area contributed by atoms with Crippen molar-refractivity contribution in [3.63, 3.8) is 0 Å². The summed E-state index contributed by atoms with van der Waals surface area (Å²) in [6.07, 6.45) is 0.985. The monoisotopic (exact) mass is 293 g/mol. The van der Waals surface area contributed by atoms with E-state index in [4.69, 9.17) is 9.47 Å². The van der Waals surface area contributed by atoms with Gasteiger partial charge in [0.1, 0.15) is 0 Å². The van der Waals surface area contributed by atoms with Crippen molar-refractivity contribution in [1.82, 2.24) is 4.90 Å². The van der Waals surface area contributed by atoms with E-state index in [9.17, 15) is 4.79 Å². The summed E-state index contributed by atoms with van der Waals surface area (Å²) in [5.74, 6) is 0.136. The fourth-order valence-corrected chi connectivity index (χ4v) is 2.21. The number of aryl methyl sites for hydroxylation is 1. The number of nitrogens with zero attached hydrogens (tertiary/aromatic N) is 1. The fraction of sp³-hybridized carbons (Fsp3) is 0.588. The highest BCUT2D eigenvalue weighted by molar-refractivity contribution is 5.97. The molecule has 0 aliphatic carbocycles. The number of ketones is 1. The highest BCUT2D eigenvalue weighted by Crippen LogP contribution is 2.08. The van der Waals surface area contributed by atoms with Gasteiger partial charge in [-0.3, -0.25) is 9.69 Å². The van der Waals surface area contributed by atoms with Crippen LogP contribution in [0.4, 0.5) is 0 Å². The first-order chi connectivity index (χ1) is 10.1. The van der Waals surface area contributed by atoms with Gasteiger partial charge in [-0.15, -0.1) is 0 Å². The average Bonchev–Trinajstić information content (AvgIpc) is 2.51. The average molecular weight is 293 g/mol. The second-order valence-electron chi connectivity index (χ2n) is 5.24. The predicted molar refractivity (Wildman–Crippen MR) is 84.9 cm³/mol. The molecule has 0 amide bonds. The Hall–Kier alpha value is -1.23. The third kappa shape index (κ3) is 5.96. The van der Waals surface area contributed by atoms with Crippen molar-refractivity contribution >= 4 is 5.78 Å². The molecule has 0 saturated heterocycles. The van der Waals surface area contributed by atoms with Crippen LogP contribution >= 0.6 is 0 Å². The molecule has 0 bridgehead atoms. The third-order valence-electron chi connectivity index (χ3n) is 3.64. The van der Waals surface area contributed by atoms with Crippen LogP contribution in [0.15, 0.2) is 24.3 Å². The number of carbonyl (C=O) groups excluding carboxylic acids is 1. The number of hydrogen-bond donors (Lipinski definition) is 0. The van der Waals surface area contributed by atoms with Gasteiger partial charge in [0.15, 0.2) is 5.78 Å². The lowest BCUT2D eigenvalue weighted by molar-refractivity contribution is 0.0651. The Morgan fingerprint density at radius 2 is 1.86 bits per heavy atom. The molecular formula is C17H27NO3. The molecule has 0 heterocycles. The normalized spacial score (nSPS) is 12.6. The summed E-state index contributed by atoms with van der Waals surface area (Å²) < 4.78 is 10.3. The largest absolute Gasteiger partial charge is 0.383 e. The van der Waals surface area contributed by atoms with E-state index in [0.717, 1.165) is 18.5 Å². The van der Waals surface area contributed by atoms with Gasteiger partial charge in [0, 0.05) is 32.4 Å². The van der Waals surface area contributed by atoms with E-state index in [0.29, 0.717) is 19.8 Å². The van der Waals surface area contributed by atoms with Crippen molar-refractivity contribution in [2.24, 2.45) is 0 Å². The Morgan fingerprint density at radius 1 is 1.19 bits per heavy atom. The maximum atomic E-state index is 12.4. The molecule has 21 heavy (non-hydrogen) atoms. The van der Waals surface area contributed by atoms with Crippen LogP contribution in [0, 0.1) is 0 Å². The van der Waals surface area contributed by atoms with E-state index in [1.807, 2.05) is 24.3 Å². The minimum atomic E-state index is 0.136.